The number of hydrogen-bond acceptors (Lipinski definition) is 15. The quantitative estimate of drug-likeness (QED) is 0.0288. The Labute approximate surface area is 554 Å². The molecule has 1 aliphatic carbocycles. The molecule has 0 aromatic heterocycles. The topological polar surface area (TPSA) is 344 Å². The lowest BCUT2D eigenvalue weighted by molar-refractivity contribution is -0.148. The summed E-state index contributed by atoms with van der Waals surface area (Å²) in [5, 5.41) is 27.6. The van der Waals surface area contributed by atoms with Crippen LogP contribution in [-0.4, -0.2) is 181 Å². The van der Waals surface area contributed by atoms with Crippen LogP contribution >= 0.6 is 0 Å². The number of ketones is 2. The summed E-state index contributed by atoms with van der Waals surface area (Å²) >= 11 is 0. The Morgan fingerprint density at radius 3 is 1.93 bits per heavy atom. The monoisotopic (exact) mass is 1310 g/mol. The molecule has 4 rings (SSSR count). The van der Waals surface area contributed by atoms with Gasteiger partial charge >= 0.3 is 12.1 Å². The Bertz CT molecular complexity index is 2870. The molecule has 0 saturated carbocycles. The van der Waals surface area contributed by atoms with E-state index in [1.54, 1.807) is 109 Å². The molecule has 1 fully saturated rings. The zero-order valence-electron chi connectivity index (χ0n) is 57.6. The van der Waals surface area contributed by atoms with E-state index in [0.717, 1.165) is 0 Å². The van der Waals surface area contributed by atoms with Gasteiger partial charge in [0.15, 0.2) is 11.6 Å². The summed E-state index contributed by atoms with van der Waals surface area (Å²) in [6, 6.07) is 8.77. The molecule has 522 valence electrons. The van der Waals surface area contributed by atoms with Crippen molar-refractivity contribution in [2.24, 2.45) is 41.2 Å². The molecule has 0 spiro atoms. The number of ether oxygens (including phenoxy) is 3. The number of nitrogens with zero attached hydrogens (tertiary/aromatic N) is 3. The van der Waals surface area contributed by atoms with Gasteiger partial charge in [0.25, 0.3) is 0 Å². The van der Waals surface area contributed by atoms with Gasteiger partial charge in [0.1, 0.15) is 30.8 Å². The molecule has 12 atom stereocenters. The molecule has 2 aliphatic rings. The Hall–Kier alpha value is -7.77. The van der Waals surface area contributed by atoms with Gasteiger partial charge in [-0.25, -0.2) is 9.59 Å². The van der Waals surface area contributed by atoms with Crippen molar-refractivity contribution in [2.45, 2.75) is 207 Å². The van der Waals surface area contributed by atoms with Gasteiger partial charge in [-0.2, -0.15) is 0 Å². The average molecular weight is 1320 g/mol. The summed E-state index contributed by atoms with van der Waals surface area (Å²) < 4.78 is 17.8. The molecule has 94 heavy (non-hydrogen) atoms. The van der Waals surface area contributed by atoms with Crippen LogP contribution in [-0.2, 0) is 64.0 Å². The van der Waals surface area contributed by atoms with Gasteiger partial charge in [-0.05, 0) is 105 Å². The summed E-state index contributed by atoms with van der Waals surface area (Å²) in [6.45, 7) is 18.4. The lowest BCUT2D eigenvalue weighted by Gasteiger charge is -2.41. The van der Waals surface area contributed by atoms with E-state index in [9.17, 15) is 57.8 Å². The molecule has 10 amide bonds. The number of likely N-dealkylation sites (N-methyl/N-ethyl adjacent to an activating group) is 2. The van der Waals surface area contributed by atoms with Crippen LogP contribution in [0, 0.1) is 35.5 Å². The summed E-state index contributed by atoms with van der Waals surface area (Å²) in [5.74, 6) is -6.31. The van der Waals surface area contributed by atoms with Crippen LogP contribution in [0.2, 0.25) is 0 Å². The summed E-state index contributed by atoms with van der Waals surface area (Å²) in [4.78, 5) is 151. The minimum absolute atomic E-state index is 0.0880. The fraction of sp³-hybridized carbons (Fsp3) is 0.638. The lowest BCUT2D eigenvalue weighted by Crippen LogP contribution is -2.60. The molecule has 1 heterocycles. The first kappa shape index (κ1) is 78.7. The minimum atomic E-state index is -1.11. The maximum absolute atomic E-state index is 14.8. The number of aliphatic hydroxyl groups is 1. The van der Waals surface area contributed by atoms with Crippen molar-refractivity contribution < 1.29 is 72.1 Å². The van der Waals surface area contributed by atoms with E-state index in [-0.39, 0.29) is 80.0 Å². The largest absolute Gasteiger partial charge is 0.445 e. The molecule has 0 unspecified atom stereocenters. The van der Waals surface area contributed by atoms with Gasteiger partial charge in [0, 0.05) is 53.5 Å². The summed E-state index contributed by atoms with van der Waals surface area (Å²) in [7, 11) is 6.08. The number of nitrogens with one attached hydrogen (secondary N) is 6. The fourth-order valence-electron chi connectivity index (χ4n) is 12.3. The maximum atomic E-state index is 14.8. The van der Waals surface area contributed by atoms with Gasteiger partial charge in [0.05, 0.1) is 54.7 Å². The number of primary amides is 1. The number of amides is 10. The third-order valence-corrected chi connectivity index (χ3v) is 18.0. The van der Waals surface area contributed by atoms with E-state index >= 15 is 0 Å². The molecule has 2 aromatic rings. The van der Waals surface area contributed by atoms with Crippen molar-refractivity contribution in [3.05, 3.63) is 77.9 Å². The number of unbranched alkanes of at least 4 members (excludes halogenated alkanes) is 2. The highest BCUT2D eigenvalue weighted by molar-refractivity contribution is 6.18. The number of likely N-dealkylation sites (tertiary alicyclic amines) is 1. The number of rotatable bonds is 38. The number of aliphatic hydroxyl groups excluding tert-OH is 1. The van der Waals surface area contributed by atoms with Crippen LogP contribution in [0.5, 0.6) is 0 Å². The first-order chi connectivity index (χ1) is 44.5. The highest BCUT2D eigenvalue weighted by atomic mass is 16.6. The third kappa shape index (κ3) is 23.0. The normalized spacial score (nSPS) is 17.6. The number of urea groups is 1. The van der Waals surface area contributed by atoms with Crippen molar-refractivity contribution in [1.82, 2.24) is 41.3 Å². The van der Waals surface area contributed by atoms with E-state index in [1.807, 2.05) is 32.0 Å². The van der Waals surface area contributed by atoms with E-state index < -0.39 is 120 Å². The predicted octanol–water partition coefficient (Wildman–Crippen LogP) is 5.87. The highest BCUT2D eigenvalue weighted by Gasteiger charge is 2.44. The average Bonchev–Trinajstić information content (AvgIpc) is 1.33. The molecule has 25 nitrogen and oxygen atoms in total. The van der Waals surface area contributed by atoms with Crippen molar-refractivity contribution in [3.63, 3.8) is 0 Å². The Morgan fingerprint density at radius 2 is 1.35 bits per heavy atom. The predicted molar refractivity (Wildman–Crippen MR) is 355 cm³/mol. The number of allylic oxidation sites excluding steroid dienone is 2. The van der Waals surface area contributed by atoms with Crippen molar-refractivity contribution in [3.8, 4) is 0 Å². The van der Waals surface area contributed by atoms with Gasteiger partial charge in [0.2, 0.25) is 41.4 Å². The first-order valence-electron chi connectivity index (χ1n) is 33.1. The molecule has 9 N–H and O–H groups in total. The smallest absolute Gasteiger partial charge is 0.410 e. The van der Waals surface area contributed by atoms with Gasteiger partial charge < -0.3 is 66.8 Å². The Morgan fingerprint density at radius 1 is 0.713 bits per heavy atom. The molecular weight excluding hydrogens is 1210 g/mol. The molecule has 0 radical (unpaired) electrons. The van der Waals surface area contributed by atoms with Crippen LogP contribution < -0.4 is 37.6 Å². The number of benzene rings is 2. The van der Waals surface area contributed by atoms with Crippen LogP contribution in [0.4, 0.5) is 15.3 Å². The number of methoxy groups -OCH3 is 2. The first-order valence-corrected chi connectivity index (χ1v) is 33.1. The zero-order valence-corrected chi connectivity index (χ0v) is 57.6. The van der Waals surface area contributed by atoms with Crippen LogP contribution in [0.25, 0.3) is 0 Å². The number of anilines is 1. The summed E-state index contributed by atoms with van der Waals surface area (Å²) in [6.07, 6.45) is 3.66. The molecule has 1 aliphatic heterocycles. The third-order valence-electron chi connectivity index (χ3n) is 18.0. The van der Waals surface area contributed by atoms with E-state index in [0.29, 0.717) is 68.3 Å². The van der Waals surface area contributed by atoms with Gasteiger partial charge in [-0.3, -0.25) is 48.1 Å². The zero-order chi connectivity index (χ0) is 70.1. The van der Waals surface area contributed by atoms with E-state index in [2.05, 4.69) is 31.9 Å². The Kier molecular flexibility index (Phi) is 32.3. The molecular formula is C69H106N10O15. The minimum Gasteiger partial charge on any atom is -0.445 e. The van der Waals surface area contributed by atoms with Crippen molar-refractivity contribution in [2.75, 3.05) is 46.7 Å². The maximum Gasteiger partial charge on any atom is 0.410 e. The van der Waals surface area contributed by atoms with Gasteiger partial charge in [-0.1, -0.05) is 124 Å². The second-order valence-electron chi connectivity index (χ2n) is 26.1. The second kappa shape index (κ2) is 38.6. The van der Waals surface area contributed by atoms with Crippen LogP contribution in [0.3, 0.4) is 0 Å². The molecule has 2 aromatic carbocycles. The number of carbonyl (C=O) groups is 11. The highest BCUT2D eigenvalue weighted by Crippen LogP contribution is 2.31. The molecule has 25 heteroatoms. The molecule has 0 bridgehead atoms. The van der Waals surface area contributed by atoms with Crippen molar-refractivity contribution >= 4 is 70.7 Å². The SMILES string of the molecule is CC[C@H](C)[C@@H]([C@@H](CC(=O)N1CCC[C@H]1[C@H](OC)[C@@H](C)C(=O)N[C@H](C)[C@@H](O)c1ccccc1)OC)N(C)C(=O)[C@@H](NC(=O)[C@H](C(C)C)N(C)C(=O)OCc1ccc(NC(=O)[C@H](CCCNC(N)=O)NC(=O)[C@@H](NC(=O)CCCCCC2C(=O)C=CC2=O)C(C)C)cc1)C(C)C. The summed E-state index contributed by atoms with van der Waals surface area (Å²) in [5.41, 5.74) is 6.78. The van der Waals surface area contributed by atoms with E-state index in [1.165, 1.54) is 38.3 Å². The van der Waals surface area contributed by atoms with Gasteiger partial charge in [-0.15, -0.1) is 0 Å². The van der Waals surface area contributed by atoms with E-state index in [4.69, 9.17) is 19.9 Å². The second-order valence-corrected chi connectivity index (χ2v) is 26.1. The standard InChI is InChI=1S/C69H106N10O15/c1-15-43(8)60(54(92-13)38-56(83)79-37-23-28-51(79)62(93-14)44(9)63(85)72-45(10)61(84)47-24-18-16-19-25-47)77(11)67(89)58(41(4)5)76-66(88)59(42(6)7)78(12)69(91)94-39-46-30-32-48(33-31-46)73-64(86)50(27-22-36-71-68(70)90)74-65(87)57(40(2)3)75-55(82)29-21-17-20-26-49-52(80)34-35-53(49)81/h16,18-19,24-25,30-35,40-45,49-51,54,57-62,84H,15,17,20-23,26-29,36-39H2,1-14H3,(H,72,85)(H,73,86)(H,74,87)(H,75,82)(H,76,88)(H3,70,71,90)/t43-,44+,45+,50-,51-,54+,57-,58-,59-,60-,61+,62+/m0/s1. The van der Waals surface area contributed by atoms with Crippen molar-refractivity contribution in [1.29, 1.82) is 0 Å². The lowest BCUT2D eigenvalue weighted by atomic mass is 9.89. The Balaban J connectivity index is 1.37. The van der Waals surface area contributed by atoms with Crippen LogP contribution in [0.1, 0.15) is 157 Å². The number of nitrogens with two attached hydrogens (primary N) is 1. The van der Waals surface area contributed by atoms with Crippen LogP contribution in [0.15, 0.2) is 66.7 Å². The number of carbonyl (C=O) groups excluding carboxylic acids is 11. The molecule has 1 saturated heterocycles. The fourth-order valence-corrected chi connectivity index (χ4v) is 12.3. The number of hydrogen-bond donors (Lipinski definition) is 8.